The van der Waals surface area contributed by atoms with Crippen LogP contribution in [0.1, 0.15) is 11.1 Å². The molecule has 0 saturated carbocycles. The number of pyridine rings is 1. The van der Waals surface area contributed by atoms with E-state index in [0.717, 1.165) is 5.56 Å². The molecule has 17 heavy (non-hydrogen) atoms. The molecule has 2 aromatic rings. The summed E-state index contributed by atoms with van der Waals surface area (Å²) in [5.74, 6) is -0.313. The molecule has 0 spiro atoms. The van der Waals surface area contributed by atoms with E-state index in [-0.39, 0.29) is 17.9 Å². The van der Waals surface area contributed by atoms with Crippen molar-refractivity contribution in [2.45, 2.75) is 13.5 Å². The summed E-state index contributed by atoms with van der Waals surface area (Å²) < 4.78 is 15.8. The third-order valence-corrected chi connectivity index (χ3v) is 3.00. The predicted octanol–water partition coefficient (Wildman–Crippen LogP) is 3.11. The van der Waals surface area contributed by atoms with E-state index in [1.807, 2.05) is 13.0 Å². The Morgan fingerprint density at radius 2 is 2.06 bits per heavy atom. The van der Waals surface area contributed by atoms with Gasteiger partial charge in [0.25, 0.3) is 5.56 Å². The van der Waals surface area contributed by atoms with Crippen molar-refractivity contribution in [3.63, 3.8) is 0 Å². The first-order valence-corrected chi connectivity index (χ1v) is 5.96. The van der Waals surface area contributed by atoms with Crippen LogP contribution in [0.4, 0.5) is 4.39 Å². The second-order valence-electron chi connectivity index (χ2n) is 3.91. The maximum absolute atomic E-state index is 13.6. The molecule has 0 unspecified atom stereocenters. The molecule has 0 N–H and O–H groups in total. The van der Waals surface area contributed by atoms with Gasteiger partial charge in [-0.15, -0.1) is 0 Å². The zero-order valence-corrected chi connectivity index (χ0v) is 10.9. The topological polar surface area (TPSA) is 22.0 Å². The highest BCUT2D eigenvalue weighted by molar-refractivity contribution is 9.10. The molecule has 0 aliphatic heterocycles. The number of hydrogen-bond donors (Lipinski definition) is 0. The summed E-state index contributed by atoms with van der Waals surface area (Å²) in [6.07, 6.45) is 1.68. The second kappa shape index (κ2) is 4.84. The van der Waals surface area contributed by atoms with E-state index in [0.29, 0.717) is 10.0 Å². The van der Waals surface area contributed by atoms with E-state index in [9.17, 15) is 9.18 Å². The molecule has 2 nitrogen and oxygen atoms in total. The van der Waals surface area contributed by atoms with Crippen LogP contribution >= 0.6 is 15.9 Å². The van der Waals surface area contributed by atoms with Crippen molar-refractivity contribution in [1.82, 2.24) is 4.57 Å². The van der Waals surface area contributed by atoms with Crippen molar-refractivity contribution in [2.24, 2.45) is 0 Å². The van der Waals surface area contributed by atoms with E-state index < -0.39 is 0 Å². The molecule has 2 rings (SSSR count). The van der Waals surface area contributed by atoms with Crippen molar-refractivity contribution >= 4 is 15.9 Å². The van der Waals surface area contributed by atoms with Crippen LogP contribution in [0.25, 0.3) is 0 Å². The van der Waals surface area contributed by atoms with Gasteiger partial charge < -0.3 is 4.57 Å². The van der Waals surface area contributed by atoms with E-state index in [2.05, 4.69) is 15.9 Å². The molecule has 0 radical (unpaired) electrons. The molecule has 1 aromatic carbocycles. The molecular formula is C13H11BrFNO. The fourth-order valence-electron chi connectivity index (χ4n) is 1.57. The van der Waals surface area contributed by atoms with Crippen LogP contribution in [0.3, 0.4) is 0 Å². The number of hydrogen-bond acceptors (Lipinski definition) is 1. The SMILES string of the molecule is Cc1ccn(Cc2ccc(Br)cc2F)c(=O)c1. The molecule has 1 heterocycles. The Labute approximate surface area is 107 Å². The summed E-state index contributed by atoms with van der Waals surface area (Å²) in [6.45, 7) is 2.10. The first-order valence-electron chi connectivity index (χ1n) is 5.17. The van der Waals surface area contributed by atoms with Gasteiger partial charge in [0.2, 0.25) is 0 Å². The first-order chi connectivity index (χ1) is 8.06. The number of halogens is 2. The molecular weight excluding hydrogens is 285 g/mol. The Kier molecular flexibility index (Phi) is 3.43. The average Bonchev–Trinajstić information content (AvgIpc) is 2.25. The van der Waals surface area contributed by atoms with Gasteiger partial charge in [-0.1, -0.05) is 22.0 Å². The van der Waals surface area contributed by atoms with E-state index in [1.165, 1.54) is 16.7 Å². The Bertz CT molecular complexity index is 607. The van der Waals surface area contributed by atoms with Crippen molar-refractivity contribution in [1.29, 1.82) is 0 Å². The van der Waals surface area contributed by atoms with Crippen LogP contribution < -0.4 is 5.56 Å². The number of aromatic nitrogens is 1. The average molecular weight is 296 g/mol. The van der Waals surface area contributed by atoms with Crippen LogP contribution in [0.5, 0.6) is 0 Å². The third-order valence-electron chi connectivity index (χ3n) is 2.51. The lowest BCUT2D eigenvalue weighted by molar-refractivity contribution is 0.595. The van der Waals surface area contributed by atoms with Gasteiger partial charge in [-0.3, -0.25) is 4.79 Å². The zero-order chi connectivity index (χ0) is 12.4. The summed E-state index contributed by atoms with van der Waals surface area (Å²) in [6, 6.07) is 8.20. The van der Waals surface area contributed by atoms with Gasteiger partial charge in [0.05, 0.1) is 6.54 Å². The molecule has 0 fully saturated rings. The predicted molar refractivity (Wildman–Crippen MR) is 68.6 cm³/mol. The fourth-order valence-corrected chi connectivity index (χ4v) is 1.90. The maximum Gasteiger partial charge on any atom is 0.251 e. The van der Waals surface area contributed by atoms with Crippen LogP contribution in [-0.2, 0) is 6.54 Å². The molecule has 88 valence electrons. The van der Waals surface area contributed by atoms with Crippen molar-refractivity contribution < 1.29 is 4.39 Å². The molecule has 0 aliphatic rings. The lowest BCUT2D eigenvalue weighted by Crippen LogP contribution is -2.19. The van der Waals surface area contributed by atoms with Crippen LogP contribution in [0.2, 0.25) is 0 Å². The summed E-state index contributed by atoms with van der Waals surface area (Å²) in [5.41, 5.74) is 1.29. The monoisotopic (exact) mass is 295 g/mol. The van der Waals surface area contributed by atoms with E-state index in [4.69, 9.17) is 0 Å². The standard InChI is InChI=1S/C13H11BrFNO/c1-9-4-5-16(13(17)6-9)8-10-2-3-11(14)7-12(10)15/h2-7H,8H2,1H3. The summed E-state index contributed by atoms with van der Waals surface area (Å²) in [4.78, 5) is 11.7. The molecule has 0 amide bonds. The fraction of sp³-hybridized carbons (Fsp3) is 0.154. The largest absolute Gasteiger partial charge is 0.311 e. The smallest absolute Gasteiger partial charge is 0.251 e. The van der Waals surface area contributed by atoms with Gasteiger partial charge in [0.1, 0.15) is 5.82 Å². The van der Waals surface area contributed by atoms with Gasteiger partial charge in [-0.25, -0.2) is 4.39 Å². The Hall–Kier alpha value is -1.42. The molecule has 0 aliphatic carbocycles. The second-order valence-corrected chi connectivity index (χ2v) is 4.82. The lowest BCUT2D eigenvalue weighted by Gasteiger charge is -2.07. The quantitative estimate of drug-likeness (QED) is 0.834. The molecule has 0 bridgehead atoms. The van der Waals surface area contributed by atoms with Gasteiger partial charge in [-0.2, -0.15) is 0 Å². The third kappa shape index (κ3) is 2.82. The summed E-state index contributed by atoms with van der Waals surface area (Å²) >= 11 is 3.20. The zero-order valence-electron chi connectivity index (χ0n) is 9.28. The van der Waals surface area contributed by atoms with Gasteiger partial charge in [0.15, 0.2) is 0 Å². The van der Waals surface area contributed by atoms with Gasteiger partial charge >= 0.3 is 0 Å². The Morgan fingerprint density at radius 3 is 2.71 bits per heavy atom. The minimum Gasteiger partial charge on any atom is -0.311 e. The minimum absolute atomic E-state index is 0.118. The van der Waals surface area contributed by atoms with E-state index >= 15 is 0 Å². The molecule has 4 heteroatoms. The van der Waals surface area contributed by atoms with Crippen LogP contribution in [-0.4, -0.2) is 4.57 Å². The van der Waals surface area contributed by atoms with Crippen molar-refractivity contribution in [3.8, 4) is 0 Å². The summed E-state index contributed by atoms with van der Waals surface area (Å²) in [7, 11) is 0. The highest BCUT2D eigenvalue weighted by Gasteiger charge is 2.04. The van der Waals surface area contributed by atoms with Crippen LogP contribution in [0, 0.1) is 12.7 Å². The normalized spacial score (nSPS) is 10.5. The maximum atomic E-state index is 13.6. The van der Waals surface area contributed by atoms with Gasteiger partial charge in [-0.05, 0) is 30.7 Å². The van der Waals surface area contributed by atoms with Crippen LogP contribution in [0.15, 0.2) is 45.8 Å². The van der Waals surface area contributed by atoms with E-state index in [1.54, 1.807) is 18.3 Å². The highest BCUT2D eigenvalue weighted by atomic mass is 79.9. The number of aryl methyl sites for hydroxylation is 1. The Balaban J connectivity index is 2.35. The minimum atomic E-state index is -0.313. The number of rotatable bonds is 2. The first kappa shape index (κ1) is 12.0. The number of benzene rings is 1. The highest BCUT2D eigenvalue weighted by Crippen LogP contribution is 2.15. The van der Waals surface area contributed by atoms with Gasteiger partial charge in [0, 0.05) is 22.3 Å². The van der Waals surface area contributed by atoms with Crippen molar-refractivity contribution in [3.05, 3.63) is 68.3 Å². The number of nitrogens with zero attached hydrogens (tertiary/aromatic N) is 1. The Morgan fingerprint density at radius 1 is 1.29 bits per heavy atom. The van der Waals surface area contributed by atoms with Crippen molar-refractivity contribution in [2.75, 3.05) is 0 Å². The molecule has 0 saturated heterocycles. The lowest BCUT2D eigenvalue weighted by atomic mass is 10.2. The molecule has 0 atom stereocenters. The molecule has 1 aromatic heterocycles. The summed E-state index contributed by atoms with van der Waals surface area (Å²) in [5, 5.41) is 0.